The van der Waals surface area contributed by atoms with Crippen LogP contribution >= 0.6 is 0 Å². The minimum Gasteiger partial charge on any atom is -0.459 e. The molecule has 1 atom stereocenters. The highest BCUT2D eigenvalue weighted by atomic mass is 16.6. The average Bonchev–Trinajstić information content (AvgIpc) is 2.75. The number of ether oxygens (including phenoxy) is 1. The van der Waals surface area contributed by atoms with E-state index in [1.165, 1.54) is 0 Å². The molecule has 0 amide bonds. The minimum absolute atomic E-state index is 0.291. The molecule has 0 spiro atoms. The van der Waals surface area contributed by atoms with E-state index in [0.717, 1.165) is 5.57 Å². The van der Waals surface area contributed by atoms with Gasteiger partial charge in [0.1, 0.15) is 17.5 Å². The molecule has 1 aliphatic rings. The molecular weight excluding hydrogens is 242 g/mol. The van der Waals surface area contributed by atoms with Crippen LogP contribution in [0.4, 0.5) is 5.82 Å². The van der Waals surface area contributed by atoms with Gasteiger partial charge in [0.05, 0.1) is 5.69 Å². The molecule has 1 aromatic rings. The van der Waals surface area contributed by atoms with Gasteiger partial charge in [0.2, 0.25) is 0 Å². The molecule has 1 aromatic heterocycles. The van der Waals surface area contributed by atoms with E-state index < -0.39 is 11.6 Å². The number of anilines is 1. The summed E-state index contributed by atoms with van der Waals surface area (Å²) in [5, 5.41) is 3.10. The van der Waals surface area contributed by atoms with Crippen molar-refractivity contribution in [3.05, 3.63) is 30.0 Å². The van der Waals surface area contributed by atoms with Crippen LogP contribution < -0.4 is 11.1 Å². The molecule has 5 nitrogen and oxygen atoms in total. The first-order valence-electron chi connectivity index (χ1n) is 6.26. The van der Waals surface area contributed by atoms with E-state index in [2.05, 4.69) is 10.3 Å². The number of nitrogens with one attached hydrogen (secondary N) is 1. The van der Waals surface area contributed by atoms with Crippen molar-refractivity contribution in [2.24, 2.45) is 0 Å². The summed E-state index contributed by atoms with van der Waals surface area (Å²) in [5.74, 6) is 0.147. The molecule has 102 valence electrons. The van der Waals surface area contributed by atoms with Crippen molar-refractivity contribution in [3.8, 4) is 0 Å². The molecule has 0 fully saturated rings. The van der Waals surface area contributed by atoms with Crippen LogP contribution in [0, 0.1) is 0 Å². The number of rotatable bonds is 2. The Morgan fingerprint density at radius 1 is 1.47 bits per heavy atom. The molecule has 0 saturated heterocycles. The Morgan fingerprint density at radius 3 is 2.84 bits per heavy atom. The molecule has 2 heterocycles. The summed E-state index contributed by atoms with van der Waals surface area (Å²) in [6.45, 7) is 6.17. The van der Waals surface area contributed by atoms with Gasteiger partial charge in [-0.2, -0.15) is 0 Å². The number of nitrogens with zero attached hydrogens (tertiary/aromatic N) is 1. The monoisotopic (exact) mass is 261 g/mol. The second-order valence-corrected chi connectivity index (χ2v) is 5.48. The van der Waals surface area contributed by atoms with Gasteiger partial charge in [-0.15, -0.1) is 0 Å². The van der Waals surface area contributed by atoms with Gasteiger partial charge in [-0.1, -0.05) is 12.1 Å². The summed E-state index contributed by atoms with van der Waals surface area (Å²) in [6, 6.07) is 4.90. The van der Waals surface area contributed by atoms with E-state index in [1.54, 1.807) is 6.07 Å². The number of carbonyl (C=O) groups is 1. The largest absolute Gasteiger partial charge is 0.459 e. The standard InChI is InChI=1S/C14H19N3O2/c1-14(2,3)19-13(18)12-9(7-8-16-12)10-5-4-6-11(15)17-10/h4-7,12,16H,8H2,1-3H3,(H2,15,17). The molecular formula is C14H19N3O2. The van der Waals surface area contributed by atoms with Crippen LogP contribution in [0.25, 0.3) is 5.57 Å². The number of hydrogen-bond donors (Lipinski definition) is 2. The lowest BCUT2D eigenvalue weighted by Crippen LogP contribution is -2.39. The summed E-state index contributed by atoms with van der Waals surface area (Å²) in [5.41, 5.74) is 6.70. The Balaban J connectivity index is 2.20. The van der Waals surface area contributed by atoms with Gasteiger partial charge < -0.3 is 10.5 Å². The van der Waals surface area contributed by atoms with Crippen LogP contribution in [-0.2, 0) is 9.53 Å². The topological polar surface area (TPSA) is 77.2 Å². The number of esters is 1. The second-order valence-electron chi connectivity index (χ2n) is 5.48. The van der Waals surface area contributed by atoms with Crippen molar-refractivity contribution >= 4 is 17.4 Å². The Hall–Kier alpha value is -1.88. The molecule has 0 radical (unpaired) electrons. The highest BCUT2D eigenvalue weighted by Gasteiger charge is 2.31. The highest BCUT2D eigenvalue weighted by Crippen LogP contribution is 2.23. The molecule has 1 unspecified atom stereocenters. The van der Waals surface area contributed by atoms with Crippen molar-refractivity contribution in [1.82, 2.24) is 10.3 Å². The fraction of sp³-hybridized carbons (Fsp3) is 0.429. The van der Waals surface area contributed by atoms with Gasteiger partial charge in [0.15, 0.2) is 0 Å². The third-order valence-corrected chi connectivity index (χ3v) is 2.66. The Labute approximate surface area is 112 Å². The number of carbonyl (C=O) groups excluding carboxylic acids is 1. The predicted octanol–water partition coefficient (Wildman–Crippen LogP) is 1.36. The van der Waals surface area contributed by atoms with Gasteiger partial charge >= 0.3 is 5.97 Å². The summed E-state index contributed by atoms with van der Waals surface area (Å²) < 4.78 is 5.40. The summed E-state index contributed by atoms with van der Waals surface area (Å²) in [7, 11) is 0. The van der Waals surface area contributed by atoms with Gasteiger partial charge in [0, 0.05) is 12.1 Å². The van der Waals surface area contributed by atoms with Crippen molar-refractivity contribution in [3.63, 3.8) is 0 Å². The first kappa shape index (κ1) is 13.5. The zero-order chi connectivity index (χ0) is 14.0. The maximum atomic E-state index is 12.1. The van der Waals surface area contributed by atoms with Crippen LogP contribution in [0.2, 0.25) is 0 Å². The molecule has 1 aliphatic heterocycles. The fourth-order valence-electron chi connectivity index (χ4n) is 1.95. The normalized spacial score (nSPS) is 19.1. The molecule has 0 aliphatic carbocycles. The van der Waals surface area contributed by atoms with E-state index in [4.69, 9.17) is 10.5 Å². The average molecular weight is 261 g/mol. The second kappa shape index (κ2) is 5.01. The Kier molecular flexibility index (Phi) is 3.57. The third kappa shape index (κ3) is 3.32. The van der Waals surface area contributed by atoms with E-state index in [1.807, 2.05) is 39.0 Å². The molecule has 3 N–H and O–H groups in total. The lowest BCUT2D eigenvalue weighted by Gasteiger charge is -2.23. The smallest absolute Gasteiger partial charge is 0.328 e. The third-order valence-electron chi connectivity index (χ3n) is 2.66. The highest BCUT2D eigenvalue weighted by molar-refractivity contribution is 5.93. The quantitative estimate of drug-likeness (QED) is 0.786. The van der Waals surface area contributed by atoms with Crippen LogP contribution in [0.15, 0.2) is 24.3 Å². The lowest BCUT2D eigenvalue weighted by molar-refractivity contribution is -0.155. The number of nitrogens with two attached hydrogens (primary N) is 1. The van der Waals surface area contributed by atoms with Crippen LogP contribution in [0.5, 0.6) is 0 Å². The van der Waals surface area contributed by atoms with Gasteiger partial charge in [-0.05, 0) is 32.9 Å². The lowest BCUT2D eigenvalue weighted by atomic mass is 10.1. The zero-order valence-electron chi connectivity index (χ0n) is 11.4. The van der Waals surface area contributed by atoms with E-state index >= 15 is 0 Å². The molecule has 0 aromatic carbocycles. The SMILES string of the molecule is CC(C)(C)OC(=O)C1NCC=C1c1cccc(N)n1. The summed E-state index contributed by atoms with van der Waals surface area (Å²) in [4.78, 5) is 16.4. The molecule has 19 heavy (non-hydrogen) atoms. The molecule has 0 bridgehead atoms. The minimum atomic E-state index is -0.504. The van der Waals surface area contributed by atoms with Gasteiger partial charge in [-0.25, -0.2) is 9.78 Å². The van der Waals surface area contributed by atoms with Crippen LogP contribution in [-0.4, -0.2) is 29.1 Å². The first-order chi connectivity index (χ1) is 8.87. The molecule has 2 rings (SSSR count). The first-order valence-corrected chi connectivity index (χ1v) is 6.26. The van der Waals surface area contributed by atoms with Gasteiger partial charge in [0.25, 0.3) is 0 Å². The summed E-state index contributed by atoms with van der Waals surface area (Å²) in [6.07, 6.45) is 1.94. The maximum Gasteiger partial charge on any atom is 0.328 e. The number of nitrogen functional groups attached to an aromatic ring is 1. The Bertz CT molecular complexity index is 518. The molecule has 5 heteroatoms. The van der Waals surface area contributed by atoms with E-state index in [9.17, 15) is 4.79 Å². The molecule has 0 saturated carbocycles. The fourth-order valence-corrected chi connectivity index (χ4v) is 1.95. The van der Waals surface area contributed by atoms with Crippen molar-refractivity contribution in [2.75, 3.05) is 12.3 Å². The van der Waals surface area contributed by atoms with Crippen molar-refractivity contribution < 1.29 is 9.53 Å². The van der Waals surface area contributed by atoms with E-state index in [-0.39, 0.29) is 5.97 Å². The number of aromatic nitrogens is 1. The number of pyridine rings is 1. The van der Waals surface area contributed by atoms with Crippen molar-refractivity contribution in [1.29, 1.82) is 0 Å². The van der Waals surface area contributed by atoms with Crippen molar-refractivity contribution in [2.45, 2.75) is 32.4 Å². The predicted molar refractivity (Wildman–Crippen MR) is 74.3 cm³/mol. The van der Waals surface area contributed by atoms with Crippen LogP contribution in [0.3, 0.4) is 0 Å². The summed E-state index contributed by atoms with van der Waals surface area (Å²) >= 11 is 0. The van der Waals surface area contributed by atoms with E-state index in [0.29, 0.717) is 18.1 Å². The Morgan fingerprint density at radius 2 is 2.21 bits per heavy atom. The van der Waals surface area contributed by atoms with Crippen LogP contribution in [0.1, 0.15) is 26.5 Å². The zero-order valence-corrected chi connectivity index (χ0v) is 11.4. The maximum absolute atomic E-state index is 12.1. The van der Waals surface area contributed by atoms with Gasteiger partial charge in [-0.3, -0.25) is 5.32 Å². The number of hydrogen-bond acceptors (Lipinski definition) is 5.